The summed E-state index contributed by atoms with van der Waals surface area (Å²) in [6, 6.07) is 16.0. The van der Waals surface area contributed by atoms with E-state index in [1.54, 1.807) is 6.08 Å². The van der Waals surface area contributed by atoms with E-state index < -0.39 is 5.97 Å². The Kier molecular flexibility index (Phi) is 6.93. The van der Waals surface area contributed by atoms with E-state index in [1.807, 2.05) is 54.0 Å². The van der Waals surface area contributed by atoms with Crippen molar-refractivity contribution in [2.24, 2.45) is 0 Å². The van der Waals surface area contributed by atoms with Gasteiger partial charge in [-0.25, -0.2) is 0 Å². The molecule has 1 N–H and O–H groups in total. The number of aryl methyl sites for hydroxylation is 1. The maximum Gasteiger partial charge on any atom is 0.374 e. The number of carbonyl (C=O) groups is 2. The molecular formula is C29H30N3O4S+. The number of aliphatic carboxylic acids is 1. The summed E-state index contributed by atoms with van der Waals surface area (Å²) in [5.74, 6) is 1.03. The highest BCUT2D eigenvalue weighted by atomic mass is 32.2. The molecule has 0 amide bonds. The molecule has 3 aromatic rings. The van der Waals surface area contributed by atoms with Crippen LogP contribution in [0.5, 0.6) is 0 Å². The van der Waals surface area contributed by atoms with Gasteiger partial charge in [0.2, 0.25) is 5.58 Å². The van der Waals surface area contributed by atoms with E-state index in [4.69, 9.17) is 4.42 Å². The molecule has 37 heavy (non-hydrogen) atoms. The molecule has 8 heteroatoms. The summed E-state index contributed by atoms with van der Waals surface area (Å²) in [7, 11) is 0. The maximum absolute atomic E-state index is 13.6. The minimum atomic E-state index is -0.856. The number of carboxylic acid groups (broad SMARTS) is 1. The van der Waals surface area contributed by atoms with Crippen molar-refractivity contribution in [2.45, 2.75) is 33.7 Å². The van der Waals surface area contributed by atoms with Crippen molar-refractivity contribution in [3.63, 3.8) is 0 Å². The van der Waals surface area contributed by atoms with Gasteiger partial charge in [-0.1, -0.05) is 24.3 Å². The Labute approximate surface area is 220 Å². The van der Waals surface area contributed by atoms with Gasteiger partial charge in [-0.15, -0.1) is 11.8 Å². The van der Waals surface area contributed by atoms with Crippen molar-refractivity contribution in [3.05, 3.63) is 82.4 Å². The van der Waals surface area contributed by atoms with Crippen LogP contribution in [0.4, 0.5) is 11.4 Å². The van der Waals surface area contributed by atoms with E-state index >= 15 is 0 Å². The van der Waals surface area contributed by atoms with Crippen LogP contribution in [0.15, 0.2) is 80.9 Å². The fraction of sp³-hybridized carbons (Fsp3) is 0.276. The van der Waals surface area contributed by atoms with Gasteiger partial charge in [-0.2, -0.15) is 4.57 Å². The van der Waals surface area contributed by atoms with Gasteiger partial charge in [-0.05, 0) is 45.0 Å². The Balaban J connectivity index is 1.59. The number of nitrogens with zero attached hydrogens (tertiary/aromatic N) is 3. The Hall–Kier alpha value is -3.78. The third-order valence-corrected chi connectivity index (χ3v) is 7.82. The molecule has 0 unspecified atom stereocenters. The Morgan fingerprint density at radius 2 is 1.65 bits per heavy atom. The van der Waals surface area contributed by atoms with Crippen molar-refractivity contribution >= 4 is 52.1 Å². The number of benzene rings is 2. The van der Waals surface area contributed by atoms with Crippen LogP contribution < -0.4 is 14.4 Å². The molecule has 0 spiro atoms. The highest BCUT2D eigenvalue weighted by Crippen LogP contribution is 2.45. The first-order chi connectivity index (χ1) is 18.0. The number of hydrogen-bond acceptors (Lipinski definition) is 6. The van der Waals surface area contributed by atoms with Gasteiger partial charge in [0.1, 0.15) is 12.4 Å². The SMILES string of the molecule is CCN1C(=CC2=C(SCCC(=O)O)/C(=C\c3oc4ccccc4[n+]3CC)C2=O)N(CC)c2ccccc21. The lowest BCUT2D eigenvalue weighted by molar-refractivity contribution is -0.674. The number of thioether (sulfide) groups is 1. The molecule has 2 aromatic carbocycles. The highest BCUT2D eigenvalue weighted by molar-refractivity contribution is 8.03. The van der Waals surface area contributed by atoms with Crippen molar-refractivity contribution in [3.8, 4) is 0 Å². The molecule has 2 aliphatic rings. The summed E-state index contributed by atoms with van der Waals surface area (Å²) in [5.41, 5.74) is 5.14. The minimum Gasteiger partial charge on any atom is -0.481 e. The predicted molar refractivity (Wildman–Crippen MR) is 147 cm³/mol. The molecule has 2 heterocycles. The summed E-state index contributed by atoms with van der Waals surface area (Å²) < 4.78 is 8.13. The Morgan fingerprint density at radius 1 is 1.00 bits per heavy atom. The fourth-order valence-electron chi connectivity index (χ4n) is 4.96. The van der Waals surface area contributed by atoms with Crippen molar-refractivity contribution in [1.82, 2.24) is 0 Å². The zero-order valence-electron chi connectivity index (χ0n) is 21.2. The fourth-order valence-corrected chi connectivity index (χ4v) is 6.06. The number of anilines is 2. The summed E-state index contributed by atoms with van der Waals surface area (Å²) in [5, 5.41) is 9.19. The summed E-state index contributed by atoms with van der Waals surface area (Å²) in [6.45, 7) is 8.46. The number of carboxylic acids is 1. The third-order valence-electron chi connectivity index (χ3n) is 6.68. The van der Waals surface area contributed by atoms with Crippen LogP contribution in [-0.4, -0.2) is 35.7 Å². The number of ketones is 1. The lowest BCUT2D eigenvalue weighted by atomic mass is 9.89. The number of rotatable bonds is 9. The van der Waals surface area contributed by atoms with Crippen molar-refractivity contribution in [2.75, 3.05) is 28.6 Å². The lowest BCUT2D eigenvalue weighted by Gasteiger charge is -2.27. The average molecular weight is 517 g/mol. The number of para-hydroxylation sites is 4. The quantitative estimate of drug-likeness (QED) is 0.302. The largest absolute Gasteiger partial charge is 0.481 e. The molecule has 0 bridgehead atoms. The van der Waals surface area contributed by atoms with Crippen LogP contribution in [-0.2, 0) is 16.1 Å². The molecule has 1 aliphatic heterocycles. The number of fused-ring (bicyclic) bond motifs is 2. The second-order valence-corrected chi connectivity index (χ2v) is 9.86. The van der Waals surface area contributed by atoms with Gasteiger partial charge < -0.3 is 19.3 Å². The van der Waals surface area contributed by atoms with Crippen LogP contribution >= 0.6 is 11.8 Å². The monoisotopic (exact) mass is 516 g/mol. The van der Waals surface area contributed by atoms with Crippen LogP contribution in [0.2, 0.25) is 0 Å². The third kappa shape index (κ3) is 4.35. The van der Waals surface area contributed by atoms with Crippen LogP contribution in [0.3, 0.4) is 0 Å². The number of Topliss-reactive ketones (excluding diaryl/α,β-unsaturated/α-hetero) is 1. The molecular weight excluding hydrogens is 486 g/mol. The number of hydrogen-bond donors (Lipinski definition) is 1. The van der Waals surface area contributed by atoms with Gasteiger partial charge in [0.25, 0.3) is 5.52 Å². The van der Waals surface area contributed by atoms with Gasteiger partial charge in [0.05, 0.1) is 23.9 Å². The van der Waals surface area contributed by atoms with Gasteiger partial charge in [-0.3, -0.25) is 9.59 Å². The molecule has 0 saturated heterocycles. The second kappa shape index (κ2) is 10.3. The van der Waals surface area contributed by atoms with E-state index in [0.717, 1.165) is 46.3 Å². The maximum atomic E-state index is 13.6. The number of aromatic nitrogens is 1. The van der Waals surface area contributed by atoms with Crippen LogP contribution in [0.1, 0.15) is 33.1 Å². The normalized spacial score (nSPS) is 16.1. The highest BCUT2D eigenvalue weighted by Gasteiger charge is 2.37. The van der Waals surface area contributed by atoms with E-state index in [0.29, 0.717) is 29.3 Å². The number of oxazole rings is 1. The average Bonchev–Trinajstić information content (AvgIpc) is 3.42. The molecule has 0 atom stereocenters. The first-order valence-corrected chi connectivity index (χ1v) is 13.6. The van der Waals surface area contributed by atoms with E-state index in [9.17, 15) is 14.7 Å². The molecule has 0 saturated carbocycles. The zero-order chi connectivity index (χ0) is 26.1. The molecule has 0 fully saturated rings. The first-order valence-electron chi connectivity index (χ1n) is 12.6. The number of carbonyl (C=O) groups excluding carboxylic acids is 1. The van der Waals surface area contributed by atoms with E-state index in [2.05, 4.69) is 35.8 Å². The Bertz CT molecular complexity index is 1450. The standard InChI is InChI=1S/C29H29N3O4S/c1-4-30-21-11-7-8-12-22(21)31(5-2)25(30)17-19-28(35)20(29(19)37-16-15-27(33)34)18-26-32(6-3)23-13-9-10-14-24(23)36-26/h7-14,17-18H,4-6,15-16H2,1-3H3/p+1. The summed E-state index contributed by atoms with van der Waals surface area (Å²) in [4.78, 5) is 30.0. The van der Waals surface area contributed by atoms with Gasteiger partial charge in [0, 0.05) is 41.0 Å². The van der Waals surface area contributed by atoms with Crippen LogP contribution in [0.25, 0.3) is 17.2 Å². The molecule has 190 valence electrons. The summed E-state index contributed by atoms with van der Waals surface area (Å²) >= 11 is 1.41. The number of allylic oxidation sites excluding steroid dienone is 3. The smallest absolute Gasteiger partial charge is 0.374 e. The zero-order valence-corrected chi connectivity index (χ0v) is 22.0. The van der Waals surface area contributed by atoms with Crippen molar-refractivity contribution in [1.29, 1.82) is 0 Å². The van der Waals surface area contributed by atoms with Crippen LogP contribution in [0, 0.1) is 0 Å². The molecule has 1 aromatic heterocycles. The van der Waals surface area contributed by atoms with Gasteiger partial charge in [0.15, 0.2) is 5.78 Å². The van der Waals surface area contributed by atoms with Crippen molar-refractivity contribution < 1.29 is 23.7 Å². The minimum absolute atomic E-state index is 0.0205. The predicted octanol–water partition coefficient (Wildman–Crippen LogP) is 5.38. The molecule has 5 rings (SSSR count). The second-order valence-electron chi connectivity index (χ2n) is 8.75. The molecule has 7 nitrogen and oxygen atoms in total. The molecule has 1 aliphatic carbocycles. The van der Waals surface area contributed by atoms with E-state index in [1.165, 1.54) is 11.8 Å². The first kappa shape index (κ1) is 24.9. The summed E-state index contributed by atoms with van der Waals surface area (Å²) in [6.07, 6.45) is 3.78. The van der Waals surface area contributed by atoms with Gasteiger partial charge >= 0.3 is 11.9 Å². The topological polar surface area (TPSA) is 77.9 Å². The van der Waals surface area contributed by atoms with E-state index in [-0.39, 0.29) is 12.2 Å². The molecule has 0 radical (unpaired) electrons. The Morgan fingerprint density at radius 3 is 2.27 bits per heavy atom. The lowest BCUT2D eigenvalue weighted by Crippen LogP contribution is -2.34.